The Hall–Kier alpha value is -0.540. The minimum Gasteiger partial charge on any atom is -0.330 e. The molecule has 1 saturated carbocycles. The number of hydrogen-bond acceptors (Lipinski definition) is 2. The molecule has 1 aromatic rings. The second kappa shape index (κ2) is 6.48. The zero-order chi connectivity index (χ0) is 14.8. The normalized spacial score (nSPS) is 26.9. The van der Waals surface area contributed by atoms with Crippen LogP contribution in [0, 0.1) is 11.3 Å². The Labute approximate surface area is 127 Å². The van der Waals surface area contributed by atoms with Crippen molar-refractivity contribution in [2.45, 2.75) is 58.8 Å². The van der Waals surface area contributed by atoms with Gasteiger partial charge in [0, 0.05) is 7.05 Å². The molecule has 20 heavy (non-hydrogen) atoms. The van der Waals surface area contributed by atoms with Gasteiger partial charge in [0.2, 0.25) is 0 Å². The van der Waals surface area contributed by atoms with E-state index in [9.17, 15) is 0 Å². The van der Waals surface area contributed by atoms with E-state index in [2.05, 4.69) is 18.9 Å². The third kappa shape index (κ3) is 3.04. The maximum absolute atomic E-state index is 6.51. The van der Waals surface area contributed by atoms with Gasteiger partial charge in [0.25, 0.3) is 0 Å². The summed E-state index contributed by atoms with van der Waals surface area (Å²) in [5.74, 6) is 0.824. The maximum Gasteiger partial charge on any atom is 0.0849 e. The number of aryl methyl sites for hydroxylation is 2. The molecule has 1 fully saturated rings. The molecule has 2 unspecified atom stereocenters. The molecule has 3 nitrogen and oxygen atoms in total. The fourth-order valence-corrected chi connectivity index (χ4v) is 4.08. The molecule has 4 heteroatoms. The molecule has 1 aliphatic rings. The van der Waals surface area contributed by atoms with Gasteiger partial charge in [0.15, 0.2) is 0 Å². The van der Waals surface area contributed by atoms with Gasteiger partial charge in [0.1, 0.15) is 0 Å². The summed E-state index contributed by atoms with van der Waals surface area (Å²) in [6.07, 6.45) is 8.25. The van der Waals surface area contributed by atoms with Crippen molar-refractivity contribution in [3.63, 3.8) is 0 Å². The van der Waals surface area contributed by atoms with Crippen molar-refractivity contribution in [2.75, 3.05) is 6.54 Å². The first kappa shape index (κ1) is 15.8. The highest BCUT2D eigenvalue weighted by Gasteiger charge is 2.36. The van der Waals surface area contributed by atoms with Crippen LogP contribution in [0.15, 0.2) is 0 Å². The molecular weight excluding hydrogens is 270 g/mol. The first-order chi connectivity index (χ1) is 9.55. The van der Waals surface area contributed by atoms with Crippen molar-refractivity contribution in [1.82, 2.24) is 9.78 Å². The Balaban J connectivity index is 2.23. The van der Waals surface area contributed by atoms with E-state index in [0.717, 1.165) is 36.0 Å². The highest BCUT2D eigenvalue weighted by atomic mass is 35.5. The standard InChI is InChI=1S/C16H28ClN3/c1-4-12-7-6-8-16(9-12,11-18)10-14-15(17)13(5-2)19-20(14)3/h12H,4-11,18H2,1-3H3. The Bertz CT molecular complexity index is 455. The molecule has 0 amide bonds. The Kier molecular flexibility index (Phi) is 5.14. The van der Waals surface area contributed by atoms with E-state index in [4.69, 9.17) is 17.3 Å². The van der Waals surface area contributed by atoms with Gasteiger partial charge in [-0.25, -0.2) is 0 Å². The van der Waals surface area contributed by atoms with E-state index in [1.807, 2.05) is 11.7 Å². The van der Waals surface area contributed by atoms with Crippen LogP contribution in [0.4, 0.5) is 0 Å². The summed E-state index contributed by atoms with van der Waals surface area (Å²) in [5, 5.41) is 5.41. The van der Waals surface area contributed by atoms with Gasteiger partial charge < -0.3 is 5.73 Å². The van der Waals surface area contributed by atoms with Gasteiger partial charge in [-0.15, -0.1) is 0 Å². The van der Waals surface area contributed by atoms with Crippen molar-refractivity contribution in [3.05, 3.63) is 16.4 Å². The van der Waals surface area contributed by atoms with Crippen molar-refractivity contribution in [3.8, 4) is 0 Å². The largest absolute Gasteiger partial charge is 0.330 e. The van der Waals surface area contributed by atoms with Gasteiger partial charge in [-0.2, -0.15) is 5.10 Å². The van der Waals surface area contributed by atoms with Crippen LogP contribution in [-0.4, -0.2) is 16.3 Å². The average Bonchev–Trinajstić information content (AvgIpc) is 2.74. The van der Waals surface area contributed by atoms with Gasteiger partial charge in [-0.3, -0.25) is 4.68 Å². The molecule has 0 bridgehead atoms. The third-order valence-electron chi connectivity index (χ3n) is 5.10. The summed E-state index contributed by atoms with van der Waals surface area (Å²) in [4.78, 5) is 0. The van der Waals surface area contributed by atoms with Gasteiger partial charge in [0.05, 0.1) is 16.4 Å². The van der Waals surface area contributed by atoms with Crippen LogP contribution < -0.4 is 5.73 Å². The van der Waals surface area contributed by atoms with E-state index in [-0.39, 0.29) is 5.41 Å². The van der Waals surface area contributed by atoms with E-state index in [1.54, 1.807) is 0 Å². The van der Waals surface area contributed by atoms with Crippen LogP contribution in [0.2, 0.25) is 5.02 Å². The van der Waals surface area contributed by atoms with E-state index >= 15 is 0 Å². The van der Waals surface area contributed by atoms with Gasteiger partial charge in [-0.1, -0.05) is 44.7 Å². The predicted octanol–water partition coefficient (Wildman–Crippen LogP) is 3.72. The lowest BCUT2D eigenvalue weighted by molar-refractivity contribution is 0.140. The summed E-state index contributed by atoms with van der Waals surface area (Å²) in [7, 11) is 2.00. The topological polar surface area (TPSA) is 43.8 Å². The van der Waals surface area contributed by atoms with Crippen LogP contribution in [0.3, 0.4) is 0 Å². The van der Waals surface area contributed by atoms with E-state index < -0.39 is 0 Å². The predicted molar refractivity (Wildman–Crippen MR) is 85.0 cm³/mol. The molecule has 1 aromatic heterocycles. The number of nitrogens with two attached hydrogens (primary N) is 1. The molecule has 0 aliphatic heterocycles. The average molecular weight is 298 g/mol. The molecule has 1 heterocycles. The van der Waals surface area contributed by atoms with Crippen LogP contribution in [0.1, 0.15) is 57.3 Å². The molecule has 2 N–H and O–H groups in total. The number of hydrogen-bond donors (Lipinski definition) is 1. The van der Waals surface area contributed by atoms with Crippen LogP contribution in [0.25, 0.3) is 0 Å². The zero-order valence-corrected chi connectivity index (χ0v) is 13.8. The molecule has 0 radical (unpaired) electrons. The Morgan fingerprint density at radius 1 is 1.45 bits per heavy atom. The van der Waals surface area contributed by atoms with Crippen LogP contribution in [-0.2, 0) is 19.9 Å². The summed E-state index contributed by atoms with van der Waals surface area (Å²) < 4.78 is 1.97. The lowest BCUT2D eigenvalue weighted by atomic mass is 9.66. The molecule has 0 saturated heterocycles. The van der Waals surface area contributed by atoms with Crippen molar-refractivity contribution in [1.29, 1.82) is 0 Å². The van der Waals surface area contributed by atoms with Crippen molar-refractivity contribution in [2.24, 2.45) is 24.1 Å². The minimum absolute atomic E-state index is 0.224. The highest BCUT2D eigenvalue weighted by molar-refractivity contribution is 6.31. The number of nitrogens with zero attached hydrogens (tertiary/aromatic N) is 2. The molecular formula is C16H28ClN3. The zero-order valence-electron chi connectivity index (χ0n) is 13.1. The van der Waals surface area contributed by atoms with E-state index in [0.29, 0.717) is 0 Å². The van der Waals surface area contributed by atoms with Crippen LogP contribution in [0.5, 0.6) is 0 Å². The smallest absolute Gasteiger partial charge is 0.0849 e. The summed E-state index contributed by atoms with van der Waals surface area (Å²) in [6.45, 7) is 5.15. The summed E-state index contributed by atoms with van der Waals surface area (Å²) in [5.41, 5.74) is 8.58. The Morgan fingerprint density at radius 2 is 2.20 bits per heavy atom. The highest BCUT2D eigenvalue weighted by Crippen LogP contribution is 2.43. The first-order valence-corrected chi connectivity index (χ1v) is 8.33. The monoisotopic (exact) mass is 297 g/mol. The number of halogens is 1. The third-order valence-corrected chi connectivity index (χ3v) is 5.53. The molecule has 114 valence electrons. The first-order valence-electron chi connectivity index (χ1n) is 7.95. The number of rotatable bonds is 5. The lowest BCUT2D eigenvalue weighted by Crippen LogP contribution is -2.38. The fourth-order valence-electron chi connectivity index (χ4n) is 3.72. The second-order valence-corrected chi connectivity index (χ2v) is 6.81. The van der Waals surface area contributed by atoms with Crippen LogP contribution >= 0.6 is 11.6 Å². The quantitative estimate of drug-likeness (QED) is 0.900. The second-order valence-electron chi connectivity index (χ2n) is 6.44. The molecule has 0 aromatic carbocycles. The fraction of sp³-hybridized carbons (Fsp3) is 0.812. The van der Waals surface area contributed by atoms with Crippen molar-refractivity contribution >= 4 is 11.6 Å². The summed E-state index contributed by atoms with van der Waals surface area (Å²) >= 11 is 6.51. The number of aromatic nitrogens is 2. The minimum atomic E-state index is 0.224. The Morgan fingerprint density at radius 3 is 2.75 bits per heavy atom. The van der Waals surface area contributed by atoms with Crippen molar-refractivity contribution < 1.29 is 0 Å². The van der Waals surface area contributed by atoms with Gasteiger partial charge >= 0.3 is 0 Å². The van der Waals surface area contributed by atoms with E-state index in [1.165, 1.54) is 37.8 Å². The SMILES string of the molecule is CCc1nn(C)c(CC2(CN)CCCC(CC)C2)c1Cl. The maximum atomic E-state index is 6.51. The molecule has 2 rings (SSSR count). The van der Waals surface area contributed by atoms with Gasteiger partial charge in [-0.05, 0) is 43.6 Å². The molecule has 1 aliphatic carbocycles. The lowest BCUT2D eigenvalue weighted by Gasteiger charge is -2.40. The molecule has 2 atom stereocenters. The molecule has 0 spiro atoms. The summed E-state index contributed by atoms with van der Waals surface area (Å²) in [6, 6.07) is 0.